The highest BCUT2D eigenvalue weighted by Crippen LogP contribution is 2.25. The SMILES string of the molecule is COc1ccc(OC2=CC(=O)c3ccccc3C2=O)cc1. The normalized spacial score (nSPS) is 13.5. The number of Topliss-reactive ketones (excluding diaryl/α,β-unsaturated/α-hetero) is 1. The van der Waals surface area contributed by atoms with Crippen molar-refractivity contribution in [3.8, 4) is 11.5 Å². The summed E-state index contributed by atoms with van der Waals surface area (Å²) in [6, 6.07) is 13.5. The third-order valence-corrected chi connectivity index (χ3v) is 3.21. The average Bonchev–Trinajstić information content (AvgIpc) is 2.53. The van der Waals surface area contributed by atoms with Crippen molar-refractivity contribution >= 4 is 11.6 Å². The van der Waals surface area contributed by atoms with Gasteiger partial charge in [-0.1, -0.05) is 24.3 Å². The monoisotopic (exact) mass is 280 g/mol. The zero-order valence-electron chi connectivity index (χ0n) is 11.3. The first kappa shape index (κ1) is 13.1. The molecule has 0 bridgehead atoms. The molecule has 4 heteroatoms. The molecule has 0 amide bonds. The lowest BCUT2D eigenvalue weighted by molar-refractivity contribution is 0.0947. The van der Waals surface area contributed by atoms with Crippen LogP contribution in [0.15, 0.2) is 60.4 Å². The summed E-state index contributed by atoms with van der Waals surface area (Å²) >= 11 is 0. The minimum atomic E-state index is -0.291. The first-order valence-corrected chi connectivity index (χ1v) is 6.40. The number of allylic oxidation sites excluding steroid dienone is 2. The van der Waals surface area contributed by atoms with E-state index >= 15 is 0 Å². The van der Waals surface area contributed by atoms with Gasteiger partial charge >= 0.3 is 0 Å². The zero-order valence-corrected chi connectivity index (χ0v) is 11.3. The Hall–Kier alpha value is -2.88. The van der Waals surface area contributed by atoms with Gasteiger partial charge in [0, 0.05) is 17.2 Å². The number of benzene rings is 2. The van der Waals surface area contributed by atoms with Crippen LogP contribution in [0.4, 0.5) is 0 Å². The number of rotatable bonds is 3. The van der Waals surface area contributed by atoms with Crippen molar-refractivity contribution in [2.24, 2.45) is 0 Å². The van der Waals surface area contributed by atoms with E-state index in [2.05, 4.69) is 0 Å². The van der Waals surface area contributed by atoms with Crippen LogP contribution in [-0.4, -0.2) is 18.7 Å². The minimum absolute atomic E-state index is 0.0314. The van der Waals surface area contributed by atoms with Gasteiger partial charge in [-0.3, -0.25) is 9.59 Å². The van der Waals surface area contributed by atoms with E-state index in [0.29, 0.717) is 22.6 Å². The number of carbonyl (C=O) groups is 2. The summed E-state index contributed by atoms with van der Waals surface area (Å²) in [4.78, 5) is 24.3. The zero-order chi connectivity index (χ0) is 14.8. The van der Waals surface area contributed by atoms with E-state index in [0.717, 1.165) is 0 Å². The van der Waals surface area contributed by atoms with Crippen molar-refractivity contribution in [1.82, 2.24) is 0 Å². The summed E-state index contributed by atoms with van der Waals surface area (Å²) in [5.41, 5.74) is 0.776. The number of methoxy groups -OCH3 is 1. The second-order valence-electron chi connectivity index (χ2n) is 4.53. The smallest absolute Gasteiger partial charge is 0.229 e. The number of hydrogen-bond donors (Lipinski definition) is 0. The van der Waals surface area contributed by atoms with E-state index in [-0.39, 0.29) is 17.3 Å². The maximum atomic E-state index is 12.3. The lowest BCUT2D eigenvalue weighted by Gasteiger charge is -2.15. The van der Waals surface area contributed by atoms with Gasteiger partial charge in [0.2, 0.25) is 5.78 Å². The number of carbonyl (C=O) groups excluding carboxylic acids is 2. The van der Waals surface area contributed by atoms with Crippen molar-refractivity contribution in [1.29, 1.82) is 0 Å². The third-order valence-electron chi connectivity index (χ3n) is 3.21. The Bertz CT molecular complexity index is 742. The van der Waals surface area contributed by atoms with Crippen LogP contribution in [0.3, 0.4) is 0 Å². The second-order valence-corrected chi connectivity index (χ2v) is 4.53. The Morgan fingerprint density at radius 1 is 0.810 bits per heavy atom. The number of fused-ring (bicyclic) bond motifs is 1. The van der Waals surface area contributed by atoms with Crippen LogP contribution in [0, 0.1) is 0 Å². The van der Waals surface area contributed by atoms with Crippen LogP contribution in [0.2, 0.25) is 0 Å². The molecule has 0 saturated carbocycles. The molecule has 104 valence electrons. The fourth-order valence-corrected chi connectivity index (χ4v) is 2.14. The molecule has 2 aromatic rings. The molecule has 0 fully saturated rings. The van der Waals surface area contributed by atoms with Gasteiger partial charge in [0.1, 0.15) is 11.5 Å². The van der Waals surface area contributed by atoms with Gasteiger partial charge in [-0.15, -0.1) is 0 Å². The molecule has 4 nitrogen and oxygen atoms in total. The van der Waals surface area contributed by atoms with Gasteiger partial charge in [0.05, 0.1) is 7.11 Å². The molecular formula is C17H12O4. The molecule has 1 aliphatic carbocycles. The molecule has 0 N–H and O–H groups in total. The molecule has 0 saturated heterocycles. The van der Waals surface area contributed by atoms with Crippen molar-refractivity contribution in [2.45, 2.75) is 0 Å². The summed E-state index contributed by atoms with van der Waals surface area (Å²) in [5, 5.41) is 0. The molecule has 1 aliphatic rings. The van der Waals surface area contributed by atoms with E-state index < -0.39 is 0 Å². The Morgan fingerprint density at radius 2 is 1.43 bits per heavy atom. The average molecular weight is 280 g/mol. The van der Waals surface area contributed by atoms with Crippen molar-refractivity contribution in [3.63, 3.8) is 0 Å². The quantitative estimate of drug-likeness (QED) is 0.867. The summed E-state index contributed by atoms with van der Waals surface area (Å²) in [5.74, 6) is 0.675. The van der Waals surface area contributed by atoms with Gasteiger partial charge in [-0.25, -0.2) is 0 Å². The molecule has 0 aromatic heterocycles. The fourth-order valence-electron chi connectivity index (χ4n) is 2.14. The van der Waals surface area contributed by atoms with Gasteiger partial charge in [-0.05, 0) is 24.3 Å². The molecular weight excluding hydrogens is 268 g/mol. The van der Waals surface area contributed by atoms with Gasteiger partial charge in [0.15, 0.2) is 11.5 Å². The first-order valence-electron chi connectivity index (χ1n) is 6.40. The largest absolute Gasteiger partial charge is 0.497 e. The molecule has 0 aliphatic heterocycles. The Kier molecular flexibility index (Phi) is 3.28. The number of ether oxygens (including phenoxy) is 2. The molecule has 0 unspecified atom stereocenters. The van der Waals surface area contributed by atoms with Crippen molar-refractivity contribution < 1.29 is 19.1 Å². The van der Waals surface area contributed by atoms with Crippen molar-refractivity contribution in [3.05, 3.63) is 71.5 Å². The summed E-state index contributed by atoms with van der Waals surface area (Å²) < 4.78 is 10.6. The van der Waals surface area contributed by atoms with Crippen LogP contribution >= 0.6 is 0 Å². The van der Waals surface area contributed by atoms with Gasteiger partial charge in [-0.2, -0.15) is 0 Å². The fraction of sp³-hybridized carbons (Fsp3) is 0.0588. The van der Waals surface area contributed by atoms with E-state index in [1.807, 2.05) is 0 Å². The first-order chi connectivity index (χ1) is 10.2. The molecule has 3 rings (SSSR count). The lowest BCUT2D eigenvalue weighted by Crippen LogP contribution is -2.20. The second kappa shape index (κ2) is 5.25. The molecule has 2 aromatic carbocycles. The molecule has 0 radical (unpaired) electrons. The van der Waals surface area contributed by atoms with E-state index in [4.69, 9.17) is 9.47 Å². The minimum Gasteiger partial charge on any atom is -0.497 e. The maximum Gasteiger partial charge on any atom is 0.229 e. The molecule has 21 heavy (non-hydrogen) atoms. The predicted octanol–water partition coefficient (Wildman–Crippen LogP) is 3.04. The summed E-state index contributed by atoms with van der Waals surface area (Å²) in [6.07, 6.45) is 1.23. The van der Waals surface area contributed by atoms with Crippen molar-refractivity contribution in [2.75, 3.05) is 7.11 Å². The molecule has 0 atom stereocenters. The standard InChI is InChI=1S/C17H12O4/c1-20-11-6-8-12(9-7-11)21-16-10-15(18)13-4-2-3-5-14(13)17(16)19/h2-10H,1H3. The number of hydrogen-bond acceptors (Lipinski definition) is 4. The lowest BCUT2D eigenvalue weighted by atomic mass is 9.94. The highest BCUT2D eigenvalue weighted by atomic mass is 16.5. The maximum absolute atomic E-state index is 12.3. The van der Waals surface area contributed by atoms with Crippen LogP contribution in [0.5, 0.6) is 11.5 Å². The van der Waals surface area contributed by atoms with Gasteiger partial charge in [0.25, 0.3) is 0 Å². The summed E-state index contributed by atoms with van der Waals surface area (Å²) in [6.45, 7) is 0. The van der Waals surface area contributed by atoms with Crippen LogP contribution < -0.4 is 9.47 Å². The highest BCUT2D eigenvalue weighted by molar-refractivity contribution is 6.23. The van der Waals surface area contributed by atoms with E-state index in [1.54, 1.807) is 55.6 Å². The molecule has 0 spiro atoms. The van der Waals surface area contributed by atoms with Gasteiger partial charge < -0.3 is 9.47 Å². The Labute approximate surface area is 121 Å². The van der Waals surface area contributed by atoms with E-state index in [9.17, 15) is 9.59 Å². The van der Waals surface area contributed by atoms with Crippen LogP contribution in [0.1, 0.15) is 20.7 Å². The third kappa shape index (κ3) is 2.43. The Morgan fingerprint density at radius 3 is 2.10 bits per heavy atom. The van der Waals surface area contributed by atoms with Crippen LogP contribution in [0.25, 0.3) is 0 Å². The van der Waals surface area contributed by atoms with Crippen LogP contribution in [-0.2, 0) is 0 Å². The number of ketones is 2. The molecule has 0 heterocycles. The summed E-state index contributed by atoms with van der Waals surface area (Å²) in [7, 11) is 1.57. The topological polar surface area (TPSA) is 52.6 Å². The Balaban J connectivity index is 1.89. The van der Waals surface area contributed by atoms with E-state index in [1.165, 1.54) is 6.08 Å². The predicted molar refractivity (Wildman–Crippen MR) is 76.8 cm³/mol. The highest BCUT2D eigenvalue weighted by Gasteiger charge is 2.26.